The zero-order chi connectivity index (χ0) is 19.6. The number of benzene rings is 2. The van der Waals surface area contributed by atoms with Crippen LogP contribution in [0.4, 0.5) is 5.82 Å². The van der Waals surface area contributed by atoms with Gasteiger partial charge in [0.2, 0.25) is 0 Å². The molecule has 0 spiro atoms. The van der Waals surface area contributed by atoms with Crippen molar-refractivity contribution in [1.29, 1.82) is 0 Å². The van der Waals surface area contributed by atoms with Gasteiger partial charge in [-0.3, -0.25) is 0 Å². The number of nitrogens with one attached hydrogen (secondary N) is 1. The van der Waals surface area contributed by atoms with E-state index in [1.165, 1.54) is 17.5 Å². The molecule has 0 amide bonds. The van der Waals surface area contributed by atoms with E-state index in [0.717, 1.165) is 53.8 Å². The lowest BCUT2D eigenvalue weighted by Gasteiger charge is -2.20. The fourth-order valence-electron chi connectivity index (χ4n) is 4.01. The highest BCUT2D eigenvalue weighted by Crippen LogP contribution is 2.28. The average molecular weight is 385 g/mol. The summed E-state index contributed by atoms with van der Waals surface area (Å²) in [5, 5.41) is 18.6. The summed E-state index contributed by atoms with van der Waals surface area (Å²) in [6.45, 7) is 0.705. The molecule has 0 unspecified atom stereocenters. The maximum Gasteiger partial charge on any atom is 0.253 e. The molecule has 0 bridgehead atoms. The lowest BCUT2D eigenvalue weighted by molar-refractivity contribution is 0.283. The highest BCUT2D eigenvalue weighted by Gasteiger charge is 2.20. The van der Waals surface area contributed by atoms with Gasteiger partial charge in [0.1, 0.15) is 5.82 Å². The van der Waals surface area contributed by atoms with Gasteiger partial charge in [-0.1, -0.05) is 42.5 Å². The molecule has 5 rings (SSSR count). The molecular weight excluding hydrogens is 362 g/mol. The van der Waals surface area contributed by atoms with E-state index in [4.69, 9.17) is 9.97 Å². The molecule has 1 aliphatic rings. The third-order valence-electron chi connectivity index (χ3n) is 5.54. The van der Waals surface area contributed by atoms with Gasteiger partial charge in [0.15, 0.2) is 0 Å². The third kappa shape index (κ3) is 3.36. The van der Waals surface area contributed by atoms with Crippen molar-refractivity contribution in [3.8, 4) is 5.95 Å². The van der Waals surface area contributed by atoms with Gasteiger partial charge in [-0.2, -0.15) is 14.8 Å². The first-order valence-corrected chi connectivity index (χ1v) is 10.1. The summed E-state index contributed by atoms with van der Waals surface area (Å²) in [5.41, 5.74) is 5.31. The molecule has 1 aliphatic carbocycles. The van der Waals surface area contributed by atoms with Crippen molar-refractivity contribution < 1.29 is 5.11 Å². The van der Waals surface area contributed by atoms with Crippen LogP contribution in [0.2, 0.25) is 0 Å². The SMILES string of the molecule is OCc1cccc2c1cnn2-c1nc2c(c(NCc3ccccc3)n1)CCCC2. The lowest BCUT2D eigenvalue weighted by atomic mass is 9.96. The smallest absolute Gasteiger partial charge is 0.253 e. The second-order valence-electron chi connectivity index (χ2n) is 7.41. The number of aliphatic hydroxyl groups is 1. The van der Waals surface area contributed by atoms with E-state index in [0.29, 0.717) is 5.95 Å². The van der Waals surface area contributed by atoms with Crippen LogP contribution in [0.15, 0.2) is 54.7 Å². The lowest BCUT2D eigenvalue weighted by Crippen LogP contribution is -2.16. The predicted molar refractivity (Wildman–Crippen MR) is 113 cm³/mol. The molecule has 0 radical (unpaired) electrons. The Hall–Kier alpha value is -3.25. The zero-order valence-corrected chi connectivity index (χ0v) is 16.2. The topological polar surface area (TPSA) is 75.9 Å². The fourth-order valence-corrected chi connectivity index (χ4v) is 4.01. The van der Waals surface area contributed by atoms with Gasteiger partial charge < -0.3 is 10.4 Å². The Bertz CT molecular complexity index is 1150. The molecule has 4 aromatic rings. The maximum atomic E-state index is 9.62. The first-order valence-electron chi connectivity index (χ1n) is 10.1. The first kappa shape index (κ1) is 17.8. The van der Waals surface area contributed by atoms with Crippen LogP contribution in [0, 0.1) is 0 Å². The van der Waals surface area contributed by atoms with Gasteiger partial charge >= 0.3 is 0 Å². The van der Waals surface area contributed by atoms with E-state index in [-0.39, 0.29) is 6.61 Å². The predicted octanol–water partition coefficient (Wildman–Crippen LogP) is 3.80. The van der Waals surface area contributed by atoms with E-state index in [1.807, 2.05) is 36.4 Å². The van der Waals surface area contributed by atoms with E-state index in [2.05, 4.69) is 22.5 Å². The molecule has 0 atom stereocenters. The van der Waals surface area contributed by atoms with Crippen LogP contribution >= 0.6 is 0 Å². The number of aliphatic hydroxyl groups excluding tert-OH is 1. The Balaban J connectivity index is 1.57. The number of rotatable bonds is 5. The van der Waals surface area contributed by atoms with Gasteiger partial charge in [-0.25, -0.2) is 4.98 Å². The summed E-state index contributed by atoms with van der Waals surface area (Å²) < 4.78 is 1.77. The third-order valence-corrected chi connectivity index (χ3v) is 5.54. The summed E-state index contributed by atoms with van der Waals surface area (Å²) in [7, 11) is 0. The molecule has 146 valence electrons. The van der Waals surface area contributed by atoms with Gasteiger partial charge in [0.05, 0.1) is 24.0 Å². The molecule has 29 heavy (non-hydrogen) atoms. The minimum absolute atomic E-state index is 0.0159. The molecule has 2 aromatic carbocycles. The van der Waals surface area contributed by atoms with Crippen molar-refractivity contribution in [2.45, 2.75) is 38.8 Å². The Kier molecular flexibility index (Phi) is 4.69. The number of hydrogen-bond donors (Lipinski definition) is 2. The van der Waals surface area contributed by atoms with Gasteiger partial charge in [0, 0.05) is 17.5 Å². The van der Waals surface area contributed by atoms with Crippen molar-refractivity contribution >= 4 is 16.7 Å². The van der Waals surface area contributed by atoms with E-state index < -0.39 is 0 Å². The molecular formula is C23H23N5O. The number of fused-ring (bicyclic) bond motifs is 2. The van der Waals surface area contributed by atoms with Crippen LogP contribution in [0.25, 0.3) is 16.9 Å². The van der Waals surface area contributed by atoms with Crippen LogP contribution in [-0.4, -0.2) is 24.9 Å². The Labute approximate surface area is 169 Å². The van der Waals surface area contributed by atoms with Gasteiger partial charge in [-0.15, -0.1) is 0 Å². The van der Waals surface area contributed by atoms with Crippen LogP contribution in [0.3, 0.4) is 0 Å². The maximum absolute atomic E-state index is 9.62. The van der Waals surface area contributed by atoms with E-state index in [9.17, 15) is 5.11 Å². The quantitative estimate of drug-likeness (QED) is 0.547. The standard InChI is InChI=1S/C23H23N5O/c29-15-17-9-6-12-21-19(17)14-25-28(21)23-26-20-11-5-4-10-18(20)22(27-23)24-13-16-7-2-1-3-8-16/h1-3,6-9,12,14,29H,4-5,10-11,13,15H2,(H,24,26,27). The summed E-state index contributed by atoms with van der Waals surface area (Å²) in [6, 6.07) is 16.2. The Morgan fingerprint density at radius 1 is 0.966 bits per heavy atom. The minimum Gasteiger partial charge on any atom is -0.392 e. The minimum atomic E-state index is -0.0159. The number of aromatic nitrogens is 4. The number of nitrogens with zero attached hydrogens (tertiary/aromatic N) is 4. The highest BCUT2D eigenvalue weighted by atomic mass is 16.3. The largest absolute Gasteiger partial charge is 0.392 e. The van der Waals surface area contributed by atoms with Crippen LogP contribution in [-0.2, 0) is 26.0 Å². The second-order valence-corrected chi connectivity index (χ2v) is 7.41. The molecule has 2 heterocycles. The molecule has 2 aromatic heterocycles. The molecule has 6 nitrogen and oxygen atoms in total. The molecule has 0 fully saturated rings. The first-order chi connectivity index (χ1) is 14.3. The number of anilines is 1. The average Bonchev–Trinajstić information content (AvgIpc) is 3.22. The molecule has 0 aliphatic heterocycles. The van der Waals surface area contributed by atoms with E-state index in [1.54, 1.807) is 10.9 Å². The van der Waals surface area contributed by atoms with Crippen molar-refractivity contribution in [3.63, 3.8) is 0 Å². The Morgan fingerprint density at radius 2 is 1.83 bits per heavy atom. The van der Waals surface area contributed by atoms with Crippen molar-refractivity contribution in [1.82, 2.24) is 19.7 Å². The molecule has 0 saturated heterocycles. The summed E-state index contributed by atoms with van der Waals surface area (Å²) in [4.78, 5) is 9.73. The summed E-state index contributed by atoms with van der Waals surface area (Å²) >= 11 is 0. The van der Waals surface area contributed by atoms with Gasteiger partial charge in [-0.05, 0) is 42.9 Å². The number of aryl methyl sites for hydroxylation is 1. The van der Waals surface area contributed by atoms with Crippen LogP contribution < -0.4 is 5.32 Å². The van der Waals surface area contributed by atoms with Crippen LogP contribution in [0.5, 0.6) is 0 Å². The molecule has 2 N–H and O–H groups in total. The monoisotopic (exact) mass is 385 g/mol. The Morgan fingerprint density at radius 3 is 2.69 bits per heavy atom. The van der Waals surface area contributed by atoms with Gasteiger partial charge in [0.25, 0.3) is 5.95 Å². The van der Waals surface area contributed by atoms with E-state index >= 15 is 0 Å². The molecule has 0 saturated carbocycles. The summed E-state index contributed by atoms with van der Waals surface area (Å²) in [6.07, 6.45) is 6.06. The fraction of sp³-hybridized carbons (Fsp3) is 0.261. The zero-order valence-electron chi connectivity index (χ0n) is 16.2. The van der Waals surface area contributed by atoms with Crippen molar-refractivity contribution in [2.75, 3.05) is 5.32 Å². The summed E-state index contributed by atoms with van der Waals surface area (Å²) in [5.74, 6) is 1.47. The van der Waals surface area contributed by atoms with Crippen molar-refractivity contribution in [2.24, 2.45) is 0 Å². The second kappa shape index (κ2) is 7.64. The highest BCUT2D eigenvalue weighted by molar-refractivity contribution is 5.83. The normalized spacial score (nSPS) is 13.4. The van der Waals surface area contributed by atoms with Crippen molar-refractivity contribution in [3.05, 3.63) is 77.1 Å². The van der Waals surface area contributed by atoms with Crippen LogP contribution in [0.1, 0.15) is 35.2 Å². The number of hydrogen-bond acceptors (Lipinski definition) is 5. The molecule has 6 heteroatoms.